The van der Waals surface area contributed by atoms with E-state index in [0.717, 1.165) is 38.9 Å². The monoisotopic (exact) mass is 388 g/mol. The van der Waals surface area contributed by atoms with E-state index in [4.69, 9.17) is 4.42 Å². The first-order chi connectivity index (χ1) is 13.5. The van der Waals surface area contributed by atoms with Gasteiger partial charge in [-0.25, -0.2) is 4.98 Å². The number of nitrogens with zero attached hydrogens (tertiary/aromatic N) is 3. The van der Waals surface area contributed by atoms with Crippen molar-refractivity contribution in [2.45, 2.75) is 65.0 Å². The number of rotatable bonds is 5. The summed E-state index contributed by atoms with van der Waals surface area (Å²) in [7, 11) is 0. The first-order valence-corrected chi connectivity index (χ1v) is 10.8. The van der Waals surface area contributed by atoms with E-state index in [9.17, 15) is 9.59 Å². The molecular weight excluding hydrogens is 356 g/mol. The van der Waals surface area contributed by atoms with Crippen LogP contribution in [0.4, 0.5) is 0 Å². The minimum atomic E-state index is -0.226. The lowest BCUT2D eigenvalue weighted by Gasteiger charge is -2.56. The zero-order valence-electron chi connectivity index (χ0n) is 17.2. The summed E-state index contributed by atoms with van der Waals surface area (Å²) in [6.07, 6.45) is 4.54. The minimum Gasteiger partial charge on any atom is -0.435 e. The average Bonchev–Trinajstić information content (AvgIpc) is 3.09. The van der Waals surface area contributed by atoms with Gasteiger partial charge in [-0.05, 0) is 44.6 Å². The Labute approximate surface area is 166 Å². The van der Waals surface area contributed by atoms with Crippen LogP contribution in [0.2, 0.25) is 0 Å². The number of nitrogens with one attached hydrogen (secondary N) is 1. The molecule has 7 heteroatoms. The van der Waals surface area contributed by atoms with Crippen molar-refractivity contribution in [2.75, 3.05) is 26.2 Å². The average molecular weight is 389 g/mol. The van der Waals surface area contributed by atoms with Gasteiger partial charge in [0.2, 0.25) is 11.7 Å². The van der Waals surface area contributed by atoms with Crippen molar-refractivity contribution in [3.8, 4) is 0 Å². The highest BCUT2D eigenvalue weighted by Gasteiger charge is 2.49. The smallest absolute Gasteiger partial charge is 0.289 e. The summed E-state index contributed by atoms with van der Waals surface area (Å²) >= 11 is 0. The van der Waals surface area contributed by atoms with Gasteiger partial charge in [-0.2, -0.15) is 0 Å². The third-order valence-electron chi connectivity index (χ3n) is 6.84. The number of likely N-dealkylation sites (tertiary alicyclic amines) is 1. The highest BCUT2D eigenvalue weighted by molar-refractivity contribution is 5.92. The lowest BCUT2D eigenvalue weighted by molar-refractivity contribution is -0.152. The summed E-state index contributed by atoms with van der Waals surface area (Å²) in [5.74, 6) is 1.90. The molecule has 3 fully saturated rings. The molecule has 154 valence electrons. The normalized spacial score (nSPS) is 30.2. The molecule has 1 aromatic heterocycles. The Kier molecular flexibility index (Phi) is 5.45. The predicted molar refractivity (Wildman–Crippen MR) is 105 cm³/mol. The van der Waals surface area contributed by atoms with Gasteiger partial charge in [0.25, 0.3) is 5.91 Å². The van der Waals surface area contributed by atoms with E-state index in [1.165, 1.54) is 0 Å². The van der Waals surface area contributed by atoms with Crippen LogP contribution in [-0.4, -0.2) is 64.9 Å². The standard InChI is InChI=1S/C21H32N4O3/c1-4-18-23-13(3)20(28-18)21(27)22-10-17-15-9-14(11-24(5-2)12-15)16-7-6-8-19(26)25(16)17/h14-17H,4-12H2,1-3H3,(H,22,27)/t14-,15+,16+,17+/m1/s1. The Hall–Kier alpha value is -1.89. The second kappa shape index (κ2) is 7.85. The quantitative estimate of drug-likeness (QED) is 0.835. The lowest BCUT2D eigenvalue weighted by Crippen LogP contribution is -2.67. The molecular formula is C21H32N4O3. The Morgan fingerprint density at radius 1 is 1.29 bits per heavy atom. The maximum atomic E-state index is 12.8. The first-order valence-electron chi connectivity index (χ1n) is 10.8. The SMILES string of the molecule is CCc1nc(C)c(C(=O)NC[C@H]2[C@H]3C[C@H](CN(CC)C3)[C@@H]3CCCC(=O)N32)o1. The second-order valence-corrected chi connectivity index (χ2v) is 8.52. The summed E-state index contributed by atoms with van der Waals surface area (Å²) in [6, 6.07) is 0.397. The van der Waals surface area contributed by atoms with Gasteiger partial charge in [-0.1, -0.05) is 13.8 Å². The maximum Gasteiger partial charge on any atom is 0.289 e. The molecule has 0 aliphatic carbocycles. The first kappa shape index (κ1) is 19.4. The summed E-state index contributed by atoms with van der Waals surface area (Å²) in [5.41, 5.74) is 0.625. The molecule has 4 rings (SSSR count). The van der Waals surface area contributed by atoms with Gasteiger partial charge in [-0.3, -0.25) is 9.59 Å². The fourth-order valence-corrected chi connectivity index (χ4v) is 5.48. The van der Waals surface area contributed by atoms with Gasteiger partial charge in [-0.15, -0.1) is 0 Å². The fraction of sp³-hybridized carbons (Fsp3) is 0.762. The number of amides is 2. The second-order valence-electron chi connectivity index (χ2n) is 8.52. The zero-order chi connectivity index (χ0) is 19.8. The van der Waals surface area contributed by atoms with Crippen LogP contribution in [0.3, 0.4) is 0 Å². The molecule has 0 unspecified atom stereocenters. The van der Waals surface area contributed by atoms with E-state index in [0.29, 0.717) is 54.6 Å². The van der Waals surface area contributed by atoms with Crippen LogP contribution in [0.1, 0.15) is 61.7 Å². The van der Waals surface area contributed by atoms with Gasteiger partial charge in [0.15, 0.2) is 5.89 Å². The largest absolute Gasteiger partial charge is 0.435 e. The molecule has 3 saturated heterocycles. The van der Waals surface area contributed by atoms with Crippen LogP contribution in [0, 0.1) is 18.8 Å². The van der Waals surface area contributed by atoms with Crippen molar-refractivity contribution in [3.63, 3.8) is 0 Å². The number of aromatic nitrogens is 1. The summed E-state index contributed by atoms with van der Waals surface area (Å²) in [5, 5.41) is 3.05. The molecule has 0 spiro atoms. The van der Waals surface area contributed by atoms with Crippen molar-refractivity contribution >= 4 is 11.8 Å². The van der Waals surface area contributed by atoms with Crippen LogP contribution in [0.15, 0.2) is 4.42 Å². The van der Waals surface area contributed by atoms with E-state index in [1.807, 2.05) is 6.92 Å². The number of fused-ring (bicyclic) bond motifs is 4. The number of aryl methyl sites for hydroxylation is 2. The molecule has 0 aromatic carbocycles. The molecule has 1 N–H and O–H groups in total. The lowest BCUT2D eigenvalue weighted by atomic mass is 9.72. The number of hydrogen-bond donors (Lipinski definition) is 1. The number of carbonyl (C=O) groups is 2. The summed E-state index contributed by atoms with van der Waals surface area (Å²) in [4.78, 5) is 34.5. The van der Waals surface area contributed by atoms with Crippen LogP contribution in [-0.2, 0) is 11.2 Å². The van der Waals surface area contributed by atoms with Gasteiger partial charge in [0, 0.05) is 38.5 Å². The Morgan fingerprint density at radius 2 is 2.07 bits per heavy atom. The predicted octanol–water partition coefficient (Wildman–Crippen LogP) is 2.00. The number of oxazole rings is 1. The molecule has 7 nitrogen and oxygen atoms in total. The molecule has 3 aliphatic rings. The van der Waals surface area contributed by atoms with Crippen LogP contribution < -0.4 is 5.32 Å². The molecule has 1 aromatic rings. The number of piperidine rings is 3. The molecule has 0 saturated carbocycles. The minimum absolute atomic E-state index is 0.0706. The molecule has 4 heterocycles. The van der Waals surface area contributed by atoms with Crippen LogP contribution >= 0.6 is 0 Å². The number of carbonyl (C=O) groups excluding carboxylic acids is 2. The van der Waals surface area contributed by atoms with Gasteiger partial charge < -0.3 is 19.5 Å². The Morgan fingerprint density at radius 3 is 2.79 bits per heavy atom. The van der Waals surface area contributed by atoms with E-state index < -0.39 is 0 Å². The maximum absolute atomic E-state index is 12.8. The highest BCUT2D eigenvalue weighted by Crippen LogP contribution is 2.41. The van der Waals surface area contributed by atoms with Crippen LogP contribution in [0.5, 0.6) is 0 Å². The third kappa shape index (κ3) is 3.45. The van der Waals surface area contributed by atoms with Crippen molar-refractivity contribution in [1.82, 2.24) is 20.1 Å². The van der Waals surface area contributed by atoms with E-state index in [-0.39, 0.29) is 17.9 Å². The van der Waals surface area contributed by atoms with E-state index >= 15 is 0 Å². The van der Waals surface area contributed by atoms with Gasteiger partial charge >= 0.3 is 0 Å². The Balaban J connectivity index is 1.51. The van der Waals surface area contributed by atoms with Gasteiger partial charge in [0.05, 0.1) is 11.7 Å². The van der Waals surface area contributed by atoms with E-state index in [1.54, 1.807) is 6.92 Å². The van der Waals surface area contributed by atoms with Crippen LogP contribution in [0.25, 0.3) is 0 Å². The molecule has 2 bridgehead atoms. The van der Waals surface area contributed by atoms with Crippen molar-refractivity contribution < 1.29 is 14.0 Å². The topological polar surface area (TPSA) is 78.7 Å². The summed E-state index contributed by atoms with van der Waals surface area (Å²) in [6.45, 7) is 9.59. The molecule has 3 aliphatic heterocycles. The molecule has 0 radical (unpaired) electrons. The number of hydrogen-bond acceptors (Lipinski definition) is 5. The molecule has 4 atom stereocenters. The highest BCUT2D eigenvalue weighted by atomic mass is 16.4. The van der Waals surface area contributed by atoms with Gasteiger partial charge in [0.1, 0.15) is 0 Å². The van der Waals surface area contributed by atoms with E-state index in [2.05, 4.69) is 27.0 Å². The summed E-state index contributed by atoms with van der Waals surface area (Å²) < 4.78 is 5.60. The molecule has 2 amide bonds. The van der Waals surface area contributed by atoms with Crippen molar-refractivity contribution in [3.05, 3.63) is 17.3 Å². The van der Waals surface area contributed by atoms with Crippen molar-refractivity contribution in [2.24, 2.45) is 11.8 Å². The zero-order valence-corrected chi connectivity index (χ0v) is 17.2. The Bertz CT molecular complexity index is 746. The fourth-order valence-electron chi connectivity index (χ4n) is 5.48. The van der Waals surface area contributed by atoms with Crippen molar-refractivity contribution in [1.29, 1.82) is 0 Å². The third-order valence-corrected chi connectivity index (χ3v) is 6.84. The molecule has 28 heavy (non-hydrogen) atoms.